The molecule has 3 rings (SSSR count). The van der Waals surface area contributed by atoms with E-state index >= 15 is 0 Å². The Bertz CT molecular complexity index is 626. The number of rotatable bonds is 4. The number of hydrogen-bond donors (Lipinski definition) is 0. The van der Waals surface area contributed by atoms with E-state index in [-0.39, 0.29) is 15.9 Å². The highest BCUT2D eigenvalue weighted by Crippen LogP contribution is 2.29. The molecule has 2 heterocycles. The number of ether oxygens (including phenoxy) is 1. The van der Waals surface area contributed by atoms with E-state index < -0.39 is 16.0 Å². The molecule has 0 atom stereocenters. The number of hydrogen-bond acceptors (Lipinski definition) is 5. The van der Waals surface area contributed by atoms with Gasteiger partial charge in [-0.3, -0.25) is 0 Å². The van der Waals surface area contributed by atoms with Gasteiger partial charge in [0.1, 0.15) is 15.9 Å². The third kappa shape index (κ3) is 3.21. The molecular formula is C15H21NO4S2. The molecule has 1 saturated carbocycles. The quantitative estimate of drug-likeness (QED) is 0.788. The Balaban J connectivity index is 1.77. The number of thiophene rings is 1. The van der Waals surface area contributed by atoms with Crippen LogP contribution < -0.4 is 0 Å². The van der Waals surface area contributed by atoms with Gasteiger partial charge in [0.15, 0.2) is 0 Å². The Morgan fingerprint density at radius 2 is 1.82 bits per heavy atom. The largest absolute Gasteiger partial charge is 0.458 e. The molecule has 0 bridgehead atoms. The van der Waals surface area contributed by atoms with Crippen LogP contribution in [0, 0.1) is 0 Å². The molecule has 0 aromatic carbocycles. The number of esters is 1. The second kappa shape index (κ2) is 6.68. The molecule has 1 aromatic rings. The molecule has 5 nitrogen and oxygen atoms in total. The van der Waals surface area contributed by atoms with Crippen LogP contribution in [0.15, 0.2) is 16.3 Å². The molecule has 1 saturated heterocycles. The van der Waals surface area contributed by atoms with Crippen molar-refractivity contribution in [2.45, 2.75) is 55.9 Å². The van der Waals surface area contributed by atoms with Gasteiger partial charge in [0.05, 0.1) is 0 Å². The minimum atomic E-state index is -3.57. The molecule has 1 aliphatic heterocycles. The molecule has 2 aliphatic rings. The molecule has 0 N–H and O–H groups in total. The summed E-state index contributed by atoms with van der Waals surface area (Å²) in [4.78, 5) is 12.7. The number of carbonyl (C=O) groups excluding carboxylic acids is 1. The smallest absolute Gasteiger partial charge is 0.349 e. The van der Waals surface area contributed by atoms with Crippen LogP contribution in [0.5, 0.6) is 0 Å². The van der Waals surface area contributed by atoms with Crippen molar-refractivity contribution < 1.29 is 17.9 Å². The topological polar surface area (TPSA) is 63.7 Å². The van der Waals surface area contributed by atoms with Crippen molar-refractivity contribution in [2.24, 2.45) is 0 Å². The first-order chi connectivity index (χ1) is 10.6. The van der Waals surface area contributed by atoms with Gasteiger partial charge in [0, 0.05) is 13.1 Å². The van der Waals surface area contributed by atoms with Crippen LogP contribution in [0.1, 0.15) is 54.6 Å². The lowest BCUT2D eigenvalue weighted by molar-refractivity contribution is 0.0212. The minimum Gasteiger partial charge on any atom is -0.458 e. The van der Waals surface area contributed by atoms with Crippen molar-refractivity contribution in [3.63, 3.8) is 0 Å². The van der Waals surface area contributed by atoms with Crippen LogP contribution in [0.25, 0.3) is 0 Å². The molecule has 0 radical (unpaired) electrons. The lowest BCUT2D eigenvalue weighted by Gasteiger charge is -2.22. The lowest BCUT2D eigenvalue weighted by Crippen LogP contribution is -2.29. The Morgan fingerprint density at radius 1 is 1.14 bits per heavy atom. The SMILES string of the molecule is O=C(OC1CCCCC1)c1sccc1S(=O)(=O)N1CCCC1. The van der Waals surface area contributed by atoms with Gasteiger partial charge in [-0.15, -0.1) is 11.3 Å². The highest BCUT2D eigenvalue weighted by molar-refractivity contribution is 7.89. The molecule has 0 spiro atoms. The van der Waals surface area contributed by atoms with Gasteiger partial charge in [-0.2, -0.15) is 4.31 Å². The van der Waals surface area contributed by atoms with Gasteiger partial charge in [-0.1, -0.05) is 6.42 Å². The summed E-state index contributed by atoms with van der Waals surface area (Å²) in [6.07, 6.45) is 6.78. The van der Waals surface area contributed by atoms with E-state index in [1.807, 2.05) is 0 Å². The molecular weight excluding hydrogens is 322 g/mol. The van der Waals surface area contributed by atoms with Gasteiger partial charge >= 0.3 is 5.97 Å². The Kier molecular flexibility index (Phi) is 4.84. The molecule has 22 heavy (non-hydrogen) atoms. The average molecular weight is 343 g/mol. The summed E-state index contributed by atoms with van der Waals surface area (Å²) >= 11 is 1.15. The highest BCUT2D eigenvalue weighted by atomic mass is 32.2. The molecule has 0 amide bonds. The van der Waals surface area contributed by atoms with E-state index in [9.17, 15) is 13.2 Å². The van der Waals surface area contributed by atoms with Crippen molar-refractivity contribution in [3.05, 3.63) is 16.3 Å². The second-order valence-electron chi connectivity index (χ2n) is 5.89. The fourth-order valence-electron chi connectivity index (χ4n) is 3.10. The van der Waals surface area contributed by atoms with Gasteiger partial charge in [-0.25, -0.2) is 13.2 Å². The van der Waals surface area contributed by atoms with Gasteiger partial charge in [0.2, 0.25) is 10.0 Å². The first-order valence-electron chi connectivity index (χ1n) is 7.87. The molecule has 1 aliphatic carbocycles. The van der Waals surface area contributed by atoms with Crippen LogP contribution >= 0.6 is 11.3 Å². The highest BCUT2D eigenvalue weighted by Gasteiger charge is 2.33. The number of nitrogens with zero attached hydrogens (tertiary/aromatic N) is 1. The third-order valence-electron chi connectivity index (χ3n) is 4.32. The fourth-order valence-corrected chi connectivity index (χ4v) is 5.89. The summed E-state index contributed by atoms with van der Waals surface area (Å²) in [5, 5.41) is 1.65. The molecule has 1 aromatic heterocycles. The van der Waals surface area contributed by atoms with E-state index in [2.05, 4.69) is 0 Å². The normalized spacial score (nSPS) is 21.1. The summed E-state index contributed by atoms with van der Waals surface area (Å²) in [5.41, 5.74) is 0. The average Bonchev–Trinajstić information content (AvgIpc) is 3.20. The maximum atomic E-state index is 12.6. The number of carbonyl (C=O) groups is 1. The lowest BCUT2D eigenvalue weighted by atomic mass is 9.98. The zero-order chi connectivity index (χ0) is 15.6. The van der Waals surface area contributed by atoms with Crippen molar-refractivity contribution in [1.82, 2.24) is 4.31 Å². The van der Waals surface area contributed by atoms with E-state index in [1.54, 1.807) is 5.38 Å². The Labute approximate surface area is 135 Å². The maximum Gasteiger partial charge on any atom is 0.349 e. The first kappa shape index (κ1) is 16.0. The van der Waals surface area contributed by atoms with E-state index in [0.29, 0.717) is 13.1 Å². The molecule has 7 heteroatoms. The van der Waals surface area contributed by atoms with Crippen molar-refractivity contribution in [1.29, 1.82) is 0 Å². The van der Waals surface area contributed by atoms with Crippen LogP contribution in [0.2, 0.25) is 0 Å². The first-order valence-corrected chi connectivity index (χ1v) is 10.2. The van der Waals surface area contributed by atoms with Crippen molar-refractivity contribution in [2.75, 3.05) is 13.1 Å². The maximum absolute atomic E-state index is 12.6. The van der Waals surface area contributed by atoms with Crippen LogP contribution in [0.4, 0.5) is 0 Å². The zero-order valence-electron chi connectivity index (χ0n) is 12.5. The Morgan fingerprint density at radius 3 is 2.50 bits per heavy atom. The van der Waals surface area contributed by atoms with E-state index in [1.165, 1.54) is 16.8 Å². The van der Waals surface area contributed by atoms with Crippen LogP contribution in [-0.2, 0) is 14.8 Å². The fraction of sp³-hybridized carbons (Fsp3) is 0.667. The zero-order valence-corrected chi connectivity index (χ0v) is 14.1. The minimum absolute atomic E-state index is 0.0642. The summed E-state index contributed by atoms with van der Waals surface area (Å²) < 4.78 is 32.3. The van der Waals surface area contributed by atoms with Crippen molar-refractivity contribution in [3.8, 4) is 0 Å². The summed E-state index contributed by atoms with van der Waals surface area (Å²) in [7, 11) is -3.57. The summed E-state index contributed by atoms with van der Waals surface area (Å²) in [6.45, 7) is 1.07. The van der Waals surface area contributed by atoms with Gasteiger partial charge < -0.3 is 4.74 Å². The Hall–Kier alpha value is -0.920. The molecule has 2 fully saturated rings. The second-order valence-corrected chi connectivity index (χ2v) is 8.71. The molecule has 122 valence electrons. The van der Waals surface area contributed by atoms with Crippen LogP contribution in [0.3, 0.4) is 0 Å². The van der Waals surface area contributed by atoms with Gasteiger partial charge in [-0.05, 0) is 50.0 Å². The standard InChI is InChI=1S/C15H21NO4S2/c17-15(20-12-6-2-1-3-7-12)14-13(8-11-21-14)22(18,19)16-9-4-5-10-16/h8,11-12H,1-7,9-10H2. The molecule has 0 unspecified atom stereocenters. The van der Waals surface area contributed by atoms with E-state index in [4.69, 9.17) is 4.74 Å². The summed E-state index contributed by atoms with van der Waals surface area (Å²) in [5.74, 6) is -0.486. The van der Waals surface area contributed by atoms with Crippen molar-refractivity contribution >= 4 is 27.3 Å². The summed E-state index contributed by atoms with van der Waals surface area (Å²) in [6, 6.07) is 1.52. The predicted molar refractivity (Wildman–Crippen MR) is 84.6 cm³/mol. The van der Waals surface area contributed by atoms with Gasteiger partial charge in [0.25, 0.3) is 0 Å². The predicted octanol–water partition coefficient (Wildman–Crippen LogP) is 3.02. The third-order valence-corrected chi connectivity index (χ3v) is 7.29. The van der Waals surface area contributed by atoms with E-state index in [0.717, 1.165) is 49.9 Å². The monoisotopic (exact) mass is 343 g/mol. The number of sulfonamides is 1. The van der Waals surface area contributed by atoms with Crippen LogP contribution in [-0.4, -0.2) is 37.9 Å².